The van der Waals surface area contributed by atoms with E-state index in [9.17, 15) is 4.79 Å². The molecular formula is C14H28N2O. The first kappa shape index (κ1) is 14.5. The maximum atomic E-state index is 11.7. The molecule has 1 aliphatic heterocycles. The van der Waals surface area contributed by atoms with Crippen LogP contribution < -0.4 is 0 Å². The minimum Gasteiger partial charge on any atom is -0.340 e. The number of amides is 1. The van der Waals surface area contributed by atoms with Crippen LogP contribution in [0.3, 0.4) is 0 Å². The number of carbonyl (C=O) groups excluding carboxylic acids is 1. The van der Waals surface area contributed by atoms with E-state index in [-0.39, 0.29) is 0 Å². The standard InChI is InChI=1S/C12H22N2O.C2H6/c1-3-7-14-9-8-13(11(15)4-2)10-12(14)5-6-12;1-2/h3-10H2,1-2H3;1-2H3. The highest BCUT2D eigenvalue weighted by molar-refractivity contribution is 5.76. The Kier molecular flexibility index (Phi) is 5.44. The van der Waals surface area contributed by atoms with E-state index in [1.54, 1.807) is 0 Å². The minimum atomic E-state index is 0.331. The van der Waals surface area contributed by atoms with Crippen molar-refractivity contribution in [3.63, 3.8) is 0 Å². The van der Waals surface area contributed by atoms with Crippen LogP contribution in [0.5, 0.6) is 0 Å². The lowest BCUT2D eigenvalue weighted by molar-refractivity contribution is -0.134. The molecule has 1 spiro atoms. The Balaban J connectivity index is 0.000000686. The number of hydrogen-bond donors (Lipinski definition) is 0. The Morgan fingerprint density at radius 1 is 1.18 bits per heavy atom. The Morgan fingerprint density at radius 3 is 2.29 bits per heavy atom. The van der Waals surface area contributed by atoms with E-state index in [4.69, 9.17) is 0 Å². The van der Waals surface area contributed by atoms with E-state index in [2.05, 4.69) is 16.7 Å². The smallest absolute Gasteiger partial charge is 0.222 e. The predicted octanol–water partition coefficient (Wildman–Crippen LogP) is 2.51. The van der Waals surface area contributed by atoms with Gasteiger partial charge < -0.3 is 4.90 Å². The summed E-state index contributed by atoms with van der Waals surface area (Å²) in [4.78, 5) is 16.3. The van der Waals surface area contributed by atoms with E-state index in [1.165, 1.54) is 25.8 Å². The van der Waals surface area contributed by atoms with Gasteiger partial charge in [0.15, 0.2) is 0 Å². The van der Waals surface area contributed by atoms with Gasteiger partial charge in [0.05, 0.1) is 0 Å². The molecule has 0 N–H and O–H groups in total. The van der Waals surface area contributed by atoms with Gasteiger partial charge in [-0.2, -0.15) is 0 Å². The Hall–Kier alpha value is -0.570. The highest BCUT2D eigenvalue weighted by Gasteiger charge is 2.51. The van der Waals surface area contributed by atoms with Gasteiger partial charge in [0.1, 0.15) is 0 Å². The van der Waals surface area contributed by atoms with Crippen LogP contribution in [0.2, 0.25) is 0 Å². The summed E-state index contributed by atoms with van der Waals surface area (Å²) in [6, 6.07) is 0. The number of carbonyl (C=O) groups is 1. The lowest BCUT2D eigenvalue weighted by Gasteiger charge is -2.42. The van der Waals surface area contributed by atoms with Crippen LogP contribution in [0, 0.1) is 0 Å². The summed E-state index contributed by atoms with van der Waals surface area (Å²) in [7, 11) is 0. The third-order valence-electron chi connectivity index (χ3n) is 3.77. The molecule has 0 aromatic rings. The van der Waals surface area contributed by atoms with Gasteiger partial charge in [-0.1, -0.05) is 27.7 Å². The minimum absolute atomic E-state index is 0.331. The largest absolute Gasteiger partial charge is 0.340 e. The van der Waals surface area contributed by atoms with Crippen LogP contribution in [-0.4, -0.2) is 47.4 Å². The Labute approximate surface area is 106 Å². The first-order valence-corrected chi connectivity index (χ1v) is 7.24. The van der Waals surface area contributed by atoms with E-state index < -0.39 is 0 Å². The van der Waals surface area contributed by atoms with Crippen molar-refractivity contribution in [2.24, 2.45) is 0 Å². The summed E-state index contributed by atoms with van der Waals surface area (Å²) in [5.74, 6) is 0.331. The second kappa shape index (κ2) is 6.39. The molecule has 0 radical (unpaired) electrons. The lowest BCUT2D eigenvalue weighted by Crippen LogP contribution is -2.56. The molecule has 0 aromatic carbocycles. The van der Waals surface area contributed by atoms with Crippen molar-refractivity contribution in [3.8, 4) is 0 Å². The Bertz CT molecular complexity index is 249. The number of hydrogen-bond acceptors (Lipinski definition) is 2. The van der Waals surface area contributed by atoms with E-state index in [0.29, 0.717) is 17.9 Å². The molecule has 1 heterocycles. The molecule has 2 aliphatic rings. The summed E-state index contributed by atoms with van der Waals surface area (Å²) in [5, 5.41) is 0. The maximum absolute atomic E-state index is 11.7. The average molecular weight is 240 g/mol. The van der Waals surface area contributed by atoms with Crippen molar-refractivity contribution in [1.82, 2.24) is 9.80 Å². The molecule has 3 heteroatoms. The fourth-order valence-electron chi connectivity index (χ4n) is 2.69. The number of piperazine rings is 1. The normalized spacial score (nSPS) is 22.0. The van der Waals surface area contributed by atoms with Gasteiger partial charge in [-0.15, -0.1) is 0 Å². The lowest BCUT2D eigenvalue weighted by atomic mass is 10.1. The molecule has 0 aromatic heterocycles. The van der Waals surface area contributed by atoms with Crippen LogP contribution in [0.1, 0.15) is 53.4 Å². The van der Waals surface area contributed by atoms with Gasteiger partial charge >= 0.3 is 0 Å². The first-order valence-electron chi connectivity index (χ1n) is 7.24. The molecule has 1 saturated heterocycles. The molecule has 3 nitrogen and oxygen atoms in total. The molecule has 0 atom stereocenters. The second-order valence-corrected chi connectivity index (χ2v) is 4.88. The third-order valence-corrected chi connectivity index (χ3v) is 3.77. The zero-order valence-electron chi connectivity index (χ0n) is 12.0. The van der Waals surface area contributed by atoms with Crippen LogP contribution in [0.25, 0.3) is 0 Å². The van der Waals surface area contributed by atoms with Crippen LogP contribution >= 0.6 is 0 Å². The van der Waals surface area contributed by atoms with Gasteiger partial charge in [0.25, 0.3) is 0 Å². The van der Waals surface area contributed by atoms with Gasteiger partial charge in [0.2, 0.25) is 5.91 Å². The zero-order valence-corrected chi connectivity index (χ0v) is 12.0. The van der Waals surface area contributed by atoms with Gasteiger partial charge in [-0.3, -0.25) is 9.69 Å². The summed E-state index contributed by atoms with van der Waals surface area (Å²) >= 11 is 0. The monoisotopic (exact) mass is 240 g/mol. The maximum Gasteiger partial charge on any atom is 0.222 e. The van der Waals surface area contributed by atoms with Crippen molar-refractivity contribution in [2.75, 3.05) is 26.2 Å². The van der Waals surface area contributed by atoms with E-state index in [1.807, 2.05) is 20.8 Å². The zero-order chi connectivity index (χ0) is 12.9. The molecule has 1 amide bonds. The average Bonchev–Trinajstić information content (AvgIpc) is 3.14. The molecule has 1 aliphatic carbocycles. The summed E-state index contributed by atoms with van der Waals surface area (Å²) < 4.78 is 0. The van der Waals surface area contributed by atoms with Crippen LogP contribution in [0.15, 0.2) is 0 Å². The van der Waals surface area contributed by atoms with Gasteiger partial charge in [-0.25, -0.2) is 0 Å². The van der Waals surface area contributed by atoms with Gasteiger partial charge in [0, 0.05) is 31.6 Å². The predicted molar refractivity (Wildman–Crippen MR) is 72.0 cm³/mol. The fraction of sp³-hybridized carbons (Fsp3) is 0.929. The second-order valence-electron chi connectivity index (χ2n) is 4.88. The summed E-state index contributed by atoms with van der Waals surface area (Å²) in [6.45, 7) is 12.4. The fourth-order valence-corrected chi connectivity index (χ4v) is 2.69. The molecule has 2 fully saturated rings. The quantitative estimate of drug-likeness (QED) is 0.757. The number of rotatable bonds is 3. The van der Waals surface area contributed by atoms with Crippen molar-refractivity contribution >= 4 is 5.91 Å². The van der Waals surface area contributed by atoms with Crippen LogP contribution in [0.4, 0.5) is 0 Å². The topological polar surface area (TPSA) is 23.6 Å². The molecule has 17 heavy (non-hydrogen) atoms. The molecule has 100 valence electrons. The Morgan fingerprint density at radius 2 is 1.82 bits per heavy atom. The van der Waals surface area contributed by atoms with Crippen molar-refractivity contribution < 1.29 is 4.79 Å². The van der Waals surface area contributed by atoms with Crippen LogP contribution in [-0.2, 0) is 4.79 Å². The highest BCUT2D eigenvalue weighted by Crippen LogP contribution is 2.44. The molecule has 1 saturated carbocycles. The van der Waals surface area contributed by atoms with Crippen molar-refractivity contribution in [1.29, 1.82) is 0 Å². The van der Waals surface area contributed by atoms with Crippen molar-refractivity contribution in [2.45, 2.75) is 58.9 Å². The number of nitrogens with zero attached hydrogens (tertiary/aromatic N) is 2. The van der Waals surface area contributed by atoms with E-state index in [0.717, 1.165) is 19.6 Å². The van der Waals surface area contributed by atoms with E-state index >= 15 is 0 Å². The molecular weight excluding hydrogens is 212 g/mol. The third kappa shape index (κ3) is 3.21. The SMILES string of the molecule is CC.CCCN1CCN(C(=O)CC)CC12CC2. The molecule has 0 bridgehead atoms. The molecule has 2 rings (SSSR count). The summed E-state index contributed by atoms with van der Waals surface area (Å²) in [6.07, 6.45) is 4.47. The van der Waals surface area contributed by atoms with Crippen molar-refractivity contribution in [3.05, 3.63) is 0 Å². The molecule has 0 unspecified atom stereocenters. The van der Waals surface area contributed by atoms with Gasteiger partial charge in [-0.05, 0) is 25.8 Å². The first-order chi connectivity index (χ1) is 8.22. The summed E-state index contributed by atoms with van der Waals surface area (Å²) in [5.41, 5.74) is 0.388. The highest BCUT2D eigenvalue weighted by atomic mass is 16.2.